The Labute approximate surface area is 407 Å². The van der Waals surface area contributed by atoms with E-state index in [4.69, 9.17) is 9.41 Å². The van der Waals surface area contributed by atoms with Crippen LogP contribution in [0.15, 0.2) is 252 Å². The lowest BCUT2D eigenvalue weighted by Gasteiger charge is -2.29. The summed E-state index contributed by atoms with van der Waals surface area (Å²) in [6.45, 7) is 2.24. The Morgan fingerprint density at radius 1 is 0.529 bits per heavy atom. The Balaban J connectivity index is 0.954. The number of benzene rings is 9. The van der Waals surface area contributed by atoms with Gasteiger partial charge in [0.15, 0.2) is 0 Å². The molecule has 70 heavy (non-hydrogen) atoms. The fourth-order valence-electron chi connectivity index (χ4n) is 11.1. The zero-order valence-electron chi connectivity index (χ0n) is 38.9. The van der Waals surface area contributed by atoms with Gasteiger partial charge in [-0.2, -0.15) is 0 Å². The van der Waals surface area contributed by atoms with Crippen molar-refractivity contribution in [3.8, 4) is 16.8 Å². The molecule has 3 heterocycles. The van der Waals surface area contributed by atoms with Gasteiger partial charge < -0.3 is 14.3 Å². The van der Waals surface area contributed by atoms with Crippen LogP contribution < -0.4 is 5.32 Å². The first-order chi connectivity index (χ1) is 34.6. The van der Waals surface area contributed by atoms with Gasteiger partial charge >= 0.3 is 0 Å². The third-order valence-corrected chi connectivity index (χ3v) is 14.4. The minimum Gasteiger partial charge on any atom is -0.456 e. The molecular formula is C66H49N3O. The lowest BCUT2D eigenvalue weighted by molar-refractivity contribution is 0.668. The van der Waals surface area contributed by atoms with Crippen LogP contribution in [-0.2, 0) is 0 Å². The molecule has 4 nitrogen and oxygen atoms in total. The highest BCUT2D eigenvalue weighted by molar-refractivity contribution is 6.13. The molecule has 9 aromatic carbocycles. The topological polar surface area (TPSA) is 42.5 Å². The van der Waals surface area contributed by atoms with E-state index in [1.165, 1.54) is 55.2 Å². The van der Waals surface area contributed by atoms with Crippen molar-refractivity contribution < 1.29 is 4.42 Å². The Morgan fingerprint density at radius 3 is 1.90 bits per heavy atom. The average molecular weight is 900 g/mol. The maximum absolute atomic E-state index is 6.68. The summed E-state index contributed by atoms with van der Waals surface area (Å²) >= 11 is 0. The van der Waals surface area contributed by atoms with Crippen LogP contribution in [0, 0.1) is 0 Å². The molecule has 2 unspecified atom stereocenters. The summed E-state index contributed by atoms with van der Waals surface area (Å²) in [6, 6.07) is 80.6. The number of allylic oxidation sites excluding steroid dienone is 4. The number of amidine groups is 1. The second-order valence-corrected chi connectivity index (χ2v) is 18.5. The average Bonchev–Trinajstić information content (AvgIpc) is 3.98. The molecular weight excluding hydrogens is 851 g/mol. The summed E-state index contributed by atoms with van der Waals surface area (Å²) in [5, 5.41) is 8.39. The number of fused-ring (bicyclic) bond motifs is 6. The van der Waals surface area contributed by atoms with Gasteiger partial charge in [0.2, 0.25) is 0 Å². The van der Waals surface area contributed by atoms with Gasteiger partial charge in [0, 0.05) is 44.4 Å². The number of hydrogen-bond acceptors (Lipinski definition) is 3. The summed E-state index contributed by atoms with van der Waals surface area (Å²) in [7, 11) is 0. The molecule has 0 bridgehead atoms. The van der Waals surface area contributed by atoms with E-state index in [2.05, 4.69) is 253 Å². The maximum atomic E-state index is 6.68. The monoisotopic (exact) mass is 899 g/mol. The predicted molar refractivity (Wildman–Crippen MR) is 292 cm³/mol. The Kier molecular flexibility index (Phi) is 10.3. The SMILES string of the molecule is CCC1=C(c2ccccc2)NC(c2ccccc2)=NC1c1cccc2oc3ccc(-c4ccc5c(c4)c4ccc(C6=CC(c7ccccc7)CC(c7ccccc7)=C6)cc4n5-c4ccccc4)cc3c12. The van der Waals surface area contributed by atoms with Gasteiger partial charge in [-0.1, -0.05) is 195 Å². The Morgan fingerprint density at radius 2 is 1.17 bits per heavy atom. The van der Waals surface area contributed by atoms with E-state index < -0.39 is 0 Å². The van der Waals surface area contributed by atoms with Gasteiger partial charge in [0.1, 0.15) is 23.0 Å². The minimum atomic E-state index is -0.218. The van der Waals surface area contributed by atoms with Gasteiger partial charge in [0.05, 0.1) is 11.0 Å². The van der Waals surface area contributed by atoms with Crippen LogP contribution in [0.2, 0.25) is 0 Å². The third-order valence-electron chi connectivity index (χ3n) is 14.4. The molecule has 0 amide bonds. The molecule has 334 valence electrons. The Bertz CT molecular complexity index is 3900. The highest BCUT2D eigenvalue weighted by atomic mass is 16.3. The van der Waals surface area contributed by atoms with Crippen LogP contribution in [-0.4, -0.2) is 10.4 Å². The van der Waals surface area contributed by atoms with Crippen LogP contribution in [0.25, 0.3) is 77.4 Å². The molecule has 1 aliphatic carbocycles. The lowest BCUT2D eigenvalue weighted by atomic mass is 9.81. The van der Waals surface area contributed by atoms with Crippen molar-refractivity contribution in [2.24, 2.45) is 4.99 Å². The number of nitrogens with zero attached hydrogens (tertiary/aromatic N) is 2. The number of aromatic nitrogens is 1. The van der Waals surface area contributed by atoms with E-state index in [0.717, 1.165) is 79.8 Å². The van der Waals surface area contributed by atoms with Crippen LogP contribution in [0.3, 0.4) is 0 Å². The molecule has 2 atom stereocenters. The highest BCUT2D eigenvalue weighted by Crippen LogP contribution is 2.45. The van der Waals surface area contributed by atoms with Crippen LogP contribution in [0.4, 0.5) is 0 Å². The summed E-state index contributed by atoms with van der Waals surface area (Å²) < 4.78 is 9.11. The van der Waals surface area contributed by atoms with Gasteiger partial charge in [-0.15, -0.1) is 0 Å². The molecule has 0 spiro atoms. The second kappa shape index (κ2) is 17.4. The normalized spacial score (nSPS) is 16.1. The van der Waals surface area contributed by atoms with E-state index >= 15 is 0 Å². The number of rotatable bonds is 9. The van der Waals surface area contributed by atoms with E-state index in [-0.39, 0.29) is 12.0 Å². The smallest absolute Gasteiger partial charge is 0.135 e. The zero-order chi connectivity index (χ0) is 46.5. The van der Waals surface area contributed by atoms with E-state index in [1.807, 2.05) is 0 Å². The molecule has 2 aliphatic rings. The molecule has 0 fully saturated rings. The van der Waals surface area contributed by atoms with Crippen molar-refractivity contribution in [1.29, 1.82) is 0 Å². The first-order valence-corrected chi connectivity index (χ1v) is 24.5. The fraction of sp³-hybridized carbons (Fsp3) is 0.0758. The standard InChI is InChI=1S/C66H49N3O/c1-2-54-64(45-23-12-5-13-24-45)67-66(46-25-14-6-15-26-46)68-65(54)56-29-18-30-62-63(56)58-41-48(33-36-61(58)70-62)47-32-35-59-57(40-47)55-34-31-49(42-60(55)69(59)53-27-16-7-17-28-53)52-38-50(43-19-8-3-9-20-43)37-51(39-52)44-21-10-4-11-22-44/h3-36,38-42,50,65H,2,37H2,1H3,(H,67,68). The number of furan rings is 1. The summed E-state index contributed by atoms with van der Waals surface area (Å²) in [5.41, 5.74) is 19.6. The molecule has 1 N–H and O–H groups in total. The number of para-hydroxylation sites is 1. The van der Waals surface area contributed by atoms with Crippen LogP contribution in [0.1, 0.15) is 65.1 Å². The van der Waals surface area contributed by atoms with Crippen LogP contribution in [0.5, 0.6) is 0 Å². The fourth-order valence-corrected chi connectivity index (χ4v) is 11.1. The highest BCUT2D eigenvalue weighted by Gasteiger charge is 2.29. The molecule has 2 aromatic heterocycles. The molecule has 0 saturated carbocycles. The molecule has 11 aromatic rings. The first-order valence-electron chi connectivity index (χ1n) is 24.5. The number of hydrogen-bond donors (Lipinski definition) is 1. The van der Waals surface area contributed by atoms with Crippen molar-refractivity contribution in [3.63, 3.8) is 0 Å². The molecule has 0 radical (unpaired) electrons. The first kappa shape index (κ1) is 41.5. The van der Waals surface area contributed by atoms with Gasteiger partial charge in [-0.3, -0.25) is 4.99 Å². The Hall–Kier alpha value is -8.73. The summed E-state index contributed by atoms with van der Waals surface area (Å²) in [6.07, 6.45) is 6.67. The second-order valence-electron chi connectivity index (χ2n) is 18.5. The molecule has 13 rings (SSSR count). The molecule has 1 aliphatic heterocycles. The predicted octanol–water partition coefficient (Wildman–Crippen LogP) is 16.9. The van der Waals surface area contributed by atoms with Crippen LogP contribution >= 0.6 is 0 Å². The van der Waals surface area contributed by atoms with E-state index in [1.54, 1.807) is 0 Å². The zero-order valence-corrected chi connectivity index (χ0v) is 38.9. The van der Waals surface area contributed by atoms with Crippen molar-refractivity contribution in [1.82, 2.24) is 9.88 Å². The summed E-state index contributed by atoms with van der Waals surface area (Å²) in [4.78, 5) is 5.53. The van der Waals surface area contributed by atoms with Gasteiger partial charge in [-0.05, 0) is 117 Å². The number of nitrogens with one attached hydrogen (secondary N) is 1. The number of aliphatic imine (C=N–C) groups is 1. The largest absolute Gasteiger partial charge is 0.456 e. The van der Waals surface area contributed by atoms with Gasteiger partial charge in [-0.25, -0.2) is 0 Å². The minimum absolute atomic E-state index is 0.218. The van der Waals surface area contributed by atoms with Crippen molar-refractivity contribution in [2.45, 2.75) is 31.7 Å². The van der Waals surface area contributed by atoms with Crippen molar-refractivity contribution >= 4 is 66.4 Å². The summed E-state index contributed by atoms with van der Waals surface area (Å²) in [5.74, 6) is 1.13. The quantitative estimate of drug-likeness (QED) is 0.157. The van der Waals surface area contributed by atoms with E-state index in [0.29, 0.717) is 0 Å². The van der Waals surface area contributed by atoms with Crippen molar-refractivity contribution in [2.75, 3.05) is 0 Å². The molecule has 0 saturated heterocycles. The lowest BCUT2D eigenvalue weighted by Crippen LogP contribution is -2.30. The maximum Gasteiger partial charge on any atom is 0.135 e. The van der Waals surface area contributed by atoms with Gasteiger partial charge in [0.25, 0.3) is 0 Å². The molecule has 4 heteroatoms. The van der Waals surface area contributed by atoms with E-state index in [9.17, 15) is 0 Å². The third kappa shape index (κ3) is 7.28. The van der Waals surface area contributed by atoms with Crippen molar-refractivity contribution in [3.05, 3.63) is 276 Å².